The molecule has 1 amide bonds. The lowest BCUT2D eigenvalue weighted by Crippen LogP contribution is -2.48. The number of amides is 1. The van der Waals surface area contributed by atoms with Crippen molar-refractivity contribution in [3.8, 4) is 6.07 Å². The Morgan fingerprint density at radius 1 is 1.21 bits per heavy atom. The van der Waals surface area contributed by atoms with E-state index in [0.717, 1.165) is 22.9 Å². The molecule has 6 heteroatoms. The number of carbonyl (C=O) groups is 1. The van der Waals surface area contributed by atoms with Crippen LogP contribution in [0.1, 0.15) is 44.1 Å². The lowest BCUT2D eigenvalue weighted by molar-refractivity contribution is 0.0601. The fourth-order valence-corrected chi connectivity index (χ4v) is 3.54. The van der Waals surface area contributed by atoms with Gasteiger partial charge < -0.3 is 16.0 Å². The molecule has 0 aromatic heterocycles. The Morgan fingerprint density at radius 3 is 2.39 bits per heavy atom. The minimum Gasteiger partial charge on any atom is -0.397 e. The van der Waals surface area contributed by atoms with Gasteiger partial charge in [0.1, 0.15) is 0 Å². The zero-order chi connectivity index (χ0) is 20.4. The predicted octanol–water partition coefficient (Wildman–Crippen LogP) is 3.93. The Morgan fingerprint density at radius 2 is 1.82 bits per heavy atom. The van der Waals surface area contributed by atoms with Gasteiger partial charge in [0.25, 0.3) is 5.91 Å². The molecule has 1 aliphatic rings. The lowest BCUT2D eigenvalue weighted by atomic mass is 9.89. The molecule has 1 saturated heterocycles. The first-order valence-electron chi connectivity index (χ1n) is 8.92. The summed E-state index contributed by atoms with van der Waals surface area (Å²) in [7, 11) is 0. The number of benzene rings is 2. The quantitative estimate of drug-likeness (QED) is 0.772. The van der Waals surface area contributed by atoms with E-state index < -0.39 is 0 Å². The maximum Gasteiger partial charge on any atom is 0.254 e. The molecule has 0 bridgehead atoms. The Balaban J connectivity index is 1.80. The van der Waals surface area contributed by atoms with Gasteiger partial charge in [0, 0.05) is 36.3 Å². The van der Waals surface area contributed by atoms with Crippen LogP contribution in [0.3, 0.4) is 0 Å². The van der Waals surface area contributed by atoms with Crippen LogP contribution in [0, 0.1) is 30.6 Å². The second-order valence-electron chi connectivity index (χ2n) is 7.03. The normalized spacial score (nSPS) is 14.7. The number of rotatable bonds is 4. The van der Waals surface area contributed by atoms with Gasteiger partial charge in [-0.25, -0.2) is 0 Å². The first-order valence-corrected chi connectivity index (χ1v) is 9.30. The first-order chi connectivity index (χ1) is 13.3. The molecule has 1 fully saturated rings. The summed E-state index contributed by atoms with van der Waals surface area (Å²) in [5.41, 5.74) is 11.2. The first kappa shape index (κ1) is 19.7. The molecule has 1 heterocycles. The number of nitrogens with one attached hydrogen (secondary N) is 1. The molecule has 3 N–H and O–H groups in total. The zero-order valence-corrected chi connectivity index (χ0v) is 16.5. The highest BCUT2D eigenvalue weighted by Gasteiger charge is 2.33. The Bertz CT molecular complexity index is 1010. The van der Waals surface area contributed by atoms with Gasteiger partial charge in [-0.1, -0.05) is 29.8 Å². The van der Waals surface area contributed by atoms with E-state index in [0.29, 0.717) is 35.5 Å². The topological polar surface area (TPSA) is 94.0 Å². The van der Waals surface area contributed by atoms with E-state index in [9.17, 15) is 4.79 Å². The smallest absolute Gasteiger partial charge is 0.254 e. The highest BCUT2D eigenvalue weighted by atomic mass is 35.5. The summed E-state index contributed by atoms with van der Waals surface area (Å²) >= 11 is 6.00. The van der Waals surface area contributed by atoms with Gasteiger partial charge in [-0.05, 0) is 48.7 Å². The van der Waals surface area contributed by atoms with Crippen LogP contribution in [0.25, 0.3) is 5.70 Å². The minimum atomic E-state index is -0.0394. The molecule has 0 atom stereocenters. The van der Waals surface area contributed by atoms with E-state index in [1.807, 2.05) is 36.9 Å². The number of nitrogens with zero attached hydrogens (tertiary/aromatic N) is 2. The number of carbonyl (C=O) groups excluding carboxylic acids is 1. The summed E-state index contributed by atoms with van der Waals surface area (Å²) in [5, 5.41) is 16.3. The van der Waals surface area contributed by atoms with E-state index in [-0.39, 0.29) is 16.9 Å². The van der Waals surface area contributed by atoms with Crippen LogP contribution >= 0.6 is 11.6 Å². The molecular formula is C22H21ClN4O. The third-order valence-corrected chi connectivity index (χ3v) is 5.47. The fraction of sp³-hybridized carbons (Fsp3) is 0.227. The van der Waals surface area contributed by atoms with E-state index in [1.54, 1.807) is 18.2 Å². The zero-order valence-electron chi connectivity index (χ0n) is 15.8. The van der Waals surface area contributed by atoms with Crippen molar-refractivity contribution in [2.75, 3.05) is 13.1 Å². The fourth-order valence-electron chi connectivity index (χ4n) is 3.43. The monoisotopic (exact) mass is 392 g/mol. The van der Waals surface area contributed by atoms with Gasteiger partial charge in [0.05, 0.1) is 22.4 Å². The molecule has 5 nitrogen and oxygen atoms in total. The van der Waals surface area contributed by atoms with E-state index in [2.05, 4.69) is 6.07 Å². The van der Waals surface area contributed by atoms with Gasteiger partial charge in [-0.3, -0.25) is 4.79 Å². The van der Waals surface area contributed by atoms with Crippen molar-refractivity contribution in [3.05, 3.63) is 74.8 Å². The molecule has 2 aromatic rings. The third kappa shape index (κ3) is 3.64. The predicted molar refractivity (Wildman–Crippen MR) is 111 cm³/mol. The molecule has 1 aliphatic heterocycles. The average molecular weight is 393 g/mol. The van der Waals surface area contributed by atoms with Crippen LogP contribution in [-0.4, -0.2) is 30.1 Å². The van der Waals surface area contributed by atoms with Gasteiger partial charge in [-0.2, -0.15) is 5.26 Å². The SMILES string of the molecule is Cc1cc(C)c(/C(N)=C(\Cl)C=N)cc1C(=O)N1CC(c2ccc(C#N)cc2)C1. The summed E-state index contributed by atoms with van der Waals surface area (Å²) in [6.45, 7) is 5.09. The third-order valence-electron chi connectivity index (χ3n) is 5.16. The number of hydrogen-bond donors (Lipinski definition) is 2. The Hall–Kier alpha value is -3.10. The van der Waals surface area contributed by atoms with Gasteiger partial charge in [-0.15, -0.1) is 0 Å². The van der Waals surface area contributed by atoms with Crippen molar-refractivity contribution in [2.24, 2.45) is 5.73 Å². The molecule has 28 heavy (non-hydrogen) atoms. The molecule has 0 unspecified atom stereocenters. The summed E-state index contributed by atoms with van der Waals surface area (Å²) in [4.78, 5) is 14.8. The van der Waals surface area contributed by atoms with E-state index >= 15 is 0 Å². The van der Waals surface area contributed by atoms with Crippen LogP contribution in [-0.2, 0) is 0 Å². The molecule has 0 aliphatic carbocycles. The second-order valence-corrected chi connectivity index (χ2v) is 7.44. The molecule has 0 saturated carbocycles. The van der Waals surface area contributed by atoms with Gasteiger partial charge >= 0.3 is 0 Å². The van der Waals surface area contributed by atoms with Crippen LogP contribution in [0.15, 0.2) is 41.4 Å². The van der Waals surface area contributed by atoms with Crippen molar-refractivity contribution in [3.63, 3.8) is 0 Å². The number of allylic oxidation sites excluding steroid dienone is 1. The van der Waals surface area contributed by atoms with Crippen molar-refractivity contribution >= 4 is 29.4 Å². The molecule has 2 aromatic carbocycles. The van der Waals surface area contributed by atoms with Gasteiger partial charge in [0.2, 0.25) is 0 Å². The molecular weight excluding hydrogens is 372 g/mol. The Labute approximate surface area is 169 Å². The number of likely N-dealkylation sites (tertiary alicyclic amines) is 1. The van der Waals surface area contributed by atoms with Crippen molar-refractivity contribution < 1.29 is 4.79 Å². The van der Waals surface area contributed by atoms with Crippen LogP contribution in [0.5, 0.6) is 0 Å². The number of aryl methyl sites for hydroxylation is 2. The van der Waals surface area contributed by atoms with Crippen molar-refractivity contribution in [2.45, 2.75) is 19.8 Å². The lowest BCUT2D eigenvalue weighted by Gasteiger charge is -2.40. The van der Waals surface area contributed by atoms with E-state index in [1.165, 1.54) is 0 Å². The largest absolute Gasteiger partial charge is 0.397 e. The maximum atomic E-state index is 13.0. The second kappa shape index (κ2) is 7.87. The molecule has 3 rings (SSSR count). The number of nitriles is 1. The Kier molecular flexibility index (Phi) is 5.53. The van der Waals surface area contributed by atoms with Crippen LogP contribution in [0.2, 0.25) is 0 Å². The molecule has 0 radical (unpaired) electrons. The van der Waals surface area contributed by atoms with Gasteiger partial charge in [0.15, 0.2) is 0 Å². The molecule has 142 valence electrons. The summed E-state index contributed by atoms with van der Waals surface area (Å²) in [5.74, 6) is 0.238. The van der Waals surface area contributed by atoms with E-state index in [4.69, 9.17) is 28.0 Å². The number of halogens is 1. The van der Waals surface area contributed by atoms with Crippen LogP contribution < -0.4 is 5.73 Å². The highest BCUT2D eigenvalue weighted by molar-refractivity contribution is 6.42. The summed E-state index contributed by atoms with van der Waals surface area (Å²) in [6.07, 6.45) is 0.995. The maximum absolute atomic E-state index is 13.0. The van der Waals surface area contributed by atoms with Crippen LogP contribution in [0.4, 0.5) is 0 Å². The van der Waals surface area contributed by atoms with Crippen molar-refractivity contribution in [1.82, 2.24) is 4.90 Å². The number of nitrogens with two attached hydrogens (primary N) is 1. The summed E-state index contributed by atoms with van der Waals surface area (Å²) < 4.78 is 0. The molecule has 0 spiro atoms. The van der Waals surface area contributed by atoms with Crippen molar-refractivity contribution in [1.29, 1.82) is 10.7 Å². The number of hydrogen-bond acceptors (Lipinski definition) is 4. The minimum absolute atomic E-state index is 0.0394. The average Bonchev–Trinajstić information content (AvgIpc) is 2.66. The summed E-state index contributed by atoms with van der Waals surface area (Å²) in [6, 6.07) is 13.3. The highest BCUT2D eigenvalue weighted by Crippen LogP contribution is 2.30. The standard InChI is InChI=1S/C22H21ClN4O/c1-13-7-14(2)19(8-18(13)21(26)20(23)10-25)22(28)27-11-17(12-27)16-5-3-15(9-24)4-6-16/h3-8,10,17,25H,11-12,26H2,1-2H3/b21-20+,25-10?.